The van der Waals surface area contributed by atoms with E-state index in [-0.39, 0.29) is 16.8 Å². The smallest absolute Gasteiger partial charge is 0.406 e. The third kappa shape index (κ3) is 4.22. The van der Waals surface area contributed by atoms with Crippen molar-refractivity contribution in [3.8, 4) is 5.75 Å². The van der Waals surface area contributed by atoms with Gasteiger partial charge >= 0.3 is 6.36 Å². The number of rotatable bonds is 3. The Balaban J connectivity index is 1.85. The summed E-state index contributed by atoms with van der Waals surface area (Å²) in [5, 5.41) is 0.280. The highest BCUT2D eigenvalue weighted by Gasteiger charge is 2.34. The number of thioether (sulfide) groups is 1. The van der Waals surface area contributed by atoms with Gasteiger partial charge in [0.25, 0.3) is 5.91 Å². The van der Waals surface area contributed by atoms with E-state index in [1.54, 1.807) is 28.8 Å². The first-order valence-corrected chi connectivity index (χ1v) is 8.80. The Morgan fingerprint density at radius 2 is 1.96 bits per heavy atom. The van der Waals surface area contributed by atoms with Gasteiger partial charge in [-0.25, -0.2) is 0 Å². The average Bonchev–Trinajstić information content (AvgIpc) is 3.02. The summed E-state index contributed by atoms with van der Waals surface area (Å²) in [7, 11) is 0. The van der Waals surface area contributed by atoms with Gasteiger partial charge in [0.2, 0.25) is 0 Å². The lowest BCUT2D eigenvalue weighted by Crippen LogP contribution is -2.30. The van der Waals surface area contributed by atoms with Gasteiger partial charge in [-0.1, -0.05) is 35.9 Å². The molecule has 2 aromatic carbocycles. The first-order valence-electron chi connectivity index (χ1n) is 7.38. The molecule has 1 amide bonds. The fourth-order valence-corrected chi connectivity index (χ4v) is 4.20. The molecular weight excluding hydrogens is 375 g/mol. The van der Waals surface area contributed by atoms with Crippen LogP contribution in [0.3, 0.4) is 0 Å². The highest BCUT2D eigenvalue weighted by Crippen LogP contribution is 2.41. The molecule has 1 unspecified atom stereocenters. The lowest BCUT2D eigenvalue weighted by atomic mass is 10.1. The molecule has 0 saturated carbocycles. The van der Waals surface area contributed by atoms with Crippen LogP contribution in [0.4, 0.5) is 13.2 Å². The second-order valence-corrected chi connectivity index (χ2v) is 6.91. The van der Waals surface area contributed by atoms with Crippen LogP contribution >= 0.6 is 23.4 Å². The molecule has 0 radical (unpaired) electrons. The summed E-state index contributed by atoms with van der Waals surface area (Å²) in [6, 6.07) is 12.3. The highest BCUT2D eigenvalue weighted by molar-refractivity contribution is 7.99. The van der Waals surface area contributed by atoms with Crippen LogP contribution in [0.1, 0.15) is 21.3 Å². The van der Waals surface area contributed by atoms with Crippen LogP contribution in [0, 0.1) is 0 Å². The Morgan fingerprint density at radius 3 is 2.68 bits per heavy atom. The number of alkyl halides is 3. The third-order valence-electron chi connectivity index (χ3n) is 3.64. The van der Waals surface area contributed by atoms with Gasteiger partial charge in [-0.05, 0) is 24.3 Å². The molecule has 3 nitrogen and oxygen atoms in total. The Bertz CT molecular complexity index is 784. The van der Waals surface area contributed by atoms with Crippen LogP contribution in [-0.2, 0) is 0 Å². The summed E-state index contributed by atoms with van der Waals surface area (Å²) in [4.78, 5) is 14.4. The van der Waals surface area contributed by atoms with E-state index in [9.17, 15) is 18.0 Å². The van der Waals surface area contributed by atoms with Crippen molar-refractivity contribution in [1.82, 2.24) is 4.90 Å². The fraction of sp³-hybridized carbons (Fsp3) is 0.235. The standard InChI is InChI=1S/C17H13ClF3NO2S/c18-14-7-2-1-6-13(14)16-22(8-9-25-16)15(23)11-4-3-5-12(10-11)24-17(19,20)21/h1-7,10,16H,8-9H2. The summed E-state index contributed by atoms with van der Waals surface area (Å²) in [5.74, 6) is -0.0533. The van der Waals surface area contributed by atoms with Gasteiger partial charge in [0.1, 0.15) is 11.1 Å². The van der Waals surface area contributed by atoms with Gasteiger partial charge in [0.15, 0.2) is 0 Å². The van der Waals surface area contributed by atoms with Crippen molar-refractivity contribution < 1.29 is 22.7 Å². The SMILES string of the molecule is O=C(c1cccc(OC(F)(F)F)c1)N1CCSC1c1ccccc1Cl. The van der Waals surface area contributed by atoms with Crippen LogP contribution in [0.15, 0.2) is 48.5 Å². The second-order valence-electron chi connectivity index (χ2n) is 5.32. The molecule has 1 saturated heterocycles. The second kappa shape index (κ2) is 7.17. The van der Waals surface area contributed by atoms with E-state index >= 15 is 0 Å². The molecule has 1 fully saturated rings. The van der Waals surface area contributed by atoms with E-state index in [0.29, 0.717) is 11.6 Å². The molecule has 8 heteroatoms. The number of carbonyl (C=O) groups is 1. The maximum atomic E-state index is 12.8. The molecule has 3 rings (SSSR count). The summed E-state index contributed by atoms with van der Waals surface area (Å²) >= 11 is 7.79. The number of ether oxygens (including phenoxy) is 1. The molecule has 1 atom stereocenters. The number of nitrogens with zero attached hydrogens (tertiary/aromatic N) is 1. The minimum Gasteiger partial charge on any atom is -0.406 e. The molecule has 0 aromatic heterocycles. The van der Waals surface area contributed by atoms with Gasteiger partial charge in [0, 0.05) is 28.4 Å². The molecular formula is C17H13ClF3NO2S. The van der Waals surface area contributed by atoms with Crippen molar-refractivity contribution in [2.24, 2.45) is 0 Å². The van der Waals surface area contributed by atoms with Gasteiger partial charge in [-0.3, -0.25) is 4.79 Å². The predicted molar refractivity (Wildman–Crippen MR) is 90.8 cm³/mol. The van der Waals surface area contributed by atoms with Crippen LogP contribution in [0.5, 0.6) is 5.75 Å². The normalized spacial score (nSPS) is 17.6. The predicted octanol–water partition coefficient (Wildman–Crippen LogP) is 5.13. The zero-order chi connectivity index (χ0) is 18.0. The van der Waals surface area contributed by atoms with E-state index in [4.69, 9.17) is 11.6 Å². The van der Waals surface area contributed by atoms with Crippen molar-refractivity contribution in [2.45, 2.75) is 11.7 Å². The summed E-state index contributed by atoms with van der Waals surface area (Å²) in [6.07, 6.45) is -4.80. The quantitative estimate of drug-likeness (QED) is 0.731. The van der Waals surface area contributed by atoms with Crippen molar-refractivity contribution in [1.29, 1.82) is 0 Å². The Kier molecular flexibility index (Phi) is 5.15. The maximum absolute atomic E-state index is 12.8. The topological polar surface area (TPSA) is 29.5 Å². The van der Waals surface area contributed by atoms with Crippen molar-refractivity contribution in [3.63, 3.8) is 0 Å². The van der Waals surface area contributed by atoms with E-state index in [1.807, 2.05) is 12.1 Å². The highest BCUT2D eigenvalue weighted by atomic mass is 35.5. The zero-order valence-electron chi connectivity index (χ0n) is 12.8. The average molecular weight is 388 g/mol. The number of benzene rings is 2. The summed E-state index contributed by atoms with van der Waals surface area (Å²) in [6.45, 7) is 0.490. The van der Waals surface area contributed by atoms with Crippen LogP contribution in [-0.4, -0.2) is 29.5 Å². The number of halogens is 4. The van der Waals surface area contributed by atoms with Gasteiger partial charge < -0.3 is 9.64 Å². The van der Waals surface area contributed by atoms with Crippen LogP contribution in [0.2, 0.25) is 5.02 Å². The van der Waals surface area contributed by atoms with E-state index < -0.39 is 12.1 Å². The zero-order valence-corrected chi connectivity index (χ0v) is 14.4. The number of hydrogen-bond donors (Lipinski definition) is 0. The van der Waals surface area contributed by atoms with Crippen molar-refractivity contribution >= 4 is 29.3 Å². The molecule has 1 aliphatic rings. The monoisotopic (exact) mass is 387 g/mol. The molecule has 0 spiro atoms. The molecule has 1 aliphatic heterocycles. The van der Waals surface area contributed by atoms with Crippen LogP contribution in [0.25, 0.3) is 0 Å². The van der Waals surface area contributed by atoms with Gasteiger partial charge in [-0.2, -0.15) is 0 Å². The molecule has 132 valence electrons. The number of carbonyl (C=O) groups excluding carboxylic acids is 1. The van der Waals surface area contributed by atoms with Crippen molar-refractivity contribution in [3.05, 3.63) is 64.7 Å². The first-order chi connectivity index (χ1) is 11.8. The fourth-order valence-electron chi connectivity index (χ4n) is 2.60. The largest absolute Gasteiger partial charge is 0.573 e. The molecule has 0 aliphatic carbocycles. The first kappa shape index (κ1) is 17.9. The molecule has 0 N–H and O–H groups in total. The third-order valence-corrected chi connectivity index (χ3v) is 5.22. The number of amides is 1. The summed E-state index contributed by atoms with van der Waals surface area (Å²) in [5.41, 5.74) is 0.948. The number of hydrogen-bond acceptors (Lipinski definition) is 3. The van der Waals surface area contributed by atoms with E-state index in [1.165, 1.54) is 12.1 Å². The summed E-state index contributed by atoms with van der Waals surface area (Å²) < 4.78 is 41.0. The minimum atomic E-state index is -4.80. The van der Waals surface area contributed by atoms with E-state index in [0.717, 1.165) is 23.4 Å². The lowest BCUT2D eigenvalue weighted by molar-refractivity contribution is -0.274. The molecule has 2 aromatic rings. The molecule has 25 heavy (non-hydrogen) atoms. The van der Waals surface area contributed by atoms with E-state index in [2.05, 4.69) is 4.74 Å². The minimum absolute atomic E-state index is 0.140. The maximum Gasteiger partial charge on any atom is 0.573 e. The molecule has 1 heterocycles. The van der Waals surface area contributed by atoms with Gasteiger partial charge in [-0.15, -0.1) is 24.9 Å². The Labute approximate surface area is 151 Å². The van der Waals surface area contributed by atoms with Crippen LogP contribution < -0.4 is 4.74 Å². The Morgan fingerprint density at radius 1 is 1.20 bits per heavy atom. The molecule has 0 bridgehead atoms. The Hall–Kier alpha value is -1.86. The van der Waals surface area contributed by atoms with Gasteiger partial charge in [0.05, 0.1) is 0 Å². The lowest BCUT2D eigenvalue weighted by Gasteiger charge is -2.25. The van der Waals surface area contributed by atoms with Crippen molar-refractivity contribution in [2.75, 3.05) is 12.3 Å².